The average Bonchev–Trinajstić information content (AvgIpc) is 1.34. The molecule has 0 atom stereocenters. The minimum absolute atomic E-state index is 0.219. The molecular weight excluding hydrogens is 1810 g/mol. The number of halogens is 7. The Bertz CT molecular complexity index is 6790. The van der Waals surface area contributed by atoms with Crippen molar-refractivity contribution in [2.75, 3.05) is 32.8 Å². The molecule has 0 saturated carbocycles. The second-order valence-corrected chi connectivity index (χ2v) is 36.2. The molecule has 0 radical (unpaired) electrons. The Morgan fingerprint density at radius 1 is 0.433 bits per heavy atom. The number of hydrogen-bond acceptors (Lipinski definition) is 25. The van der Waals surface area contributed by atoms with E-state index in [-0.39, 0.29) is 16.9 Å². The molecule has 11 aromatic carbocycles. The maximum Gasteiger partial charge on any atom is 0.534 e. The van der Waals surface area contributed by atoms with E-state index in [0.717, 1.165) is 134 Å². The van der Waals surface area contributed by atoms with Gasteiger partial charge in [-0.3, -0.25) is 0 Å². The Hall–Kier alpha value is -10.3. The zero-order valence-corrected chi connectivity index (χ0v) is 76.1. The molecule has 7 N–H and O–H groups in total. The van der Waals surface area contributed by atoms with Gasteiger partial charge in [0.25, 0.3) is 0 Å². The number of aromatic nitrogens is 7. The second kappa shape index (κ2) is 39.9. The normalized spacial score (nSPS) is 11.0. The minimum Gasteiger partial charge on any atom is -0.508 e. The van der Waals surface area contributed by atoms with Crippen molar-refractivity contribution >= 4 is 229 Å². The lowest BCUT2D eigenvalue weighted by Crippen LogP contribution is -2.28. The Balaban J connectivity index is 0.000000137. The number of methoxy groups -OCH3 is 3. The van der Waals surface area contributed by atoms with Gasteiger partial charge in [-0.2, -0.15) is 21.6 Å². The number of rotatable bonds is 9. The van der Waals surface area contributed by atoms with E-state index in [1.54, 1.807) is 90.9 Å². The first-order chi connectivity index (χ1) is 57.2. The molecule has 0 saturated heterocycles. The van der Waals surface area contributed by atoms with E-state index in [1.165, 1.54) is 101 Å². The summed E-state index contributed by atoms with van der Waals surface area (Å²) in [4.78, 5) is 29.6. The molecule has 0 bridgehead atoms. The molecule has 120 heavy (non-hydrogen) atoms. The van der Waals surface area contributed by atoms with Gasteiger partial charge in [0.1, 0.15) is 34.5 Å². The number of nitrogens with two attached hydrogens (primary N) is 2. The molecule has 7 heterocycles. The van der Waals surface area contributed by atoms with E-state index in [2.05, 4.69) is 74.6 Å². The van der Waals surface area contributed by atoms with Gasteiger partial charge in [-0.25, -0.2) is 34.9 Å². The highest BCUT2D eigenvalue weighted by molar-refractivity contribution is 9.10. The fourth-order valence-corrected chi connectivity index (χ4v) is 19.1. The summed E-state index contributed by atoms with van der Waals surface area (Å²) in [7, 11) is -0.799. The van der Waals surface area contributed by atoms with Gasteiger partial charge in [0, 0.05) is 37.4 Å². The first-order valence-corrected chi connectivity index (χ1v) is 45.1. The number of anilines is 2. The topological polar surface area (TPSA) is 274 Å². The van der Waals surface area contributed by atoms with Crippen LogP contribution in [-0.4, -0.2) is 85.5 Å². The van der Waals surface area contributed by atoms with Gasteiger partial charge in [-0.1, -0.05) is 95.2 Å². The predicted molar refractivity (Wildman–Crippen MR) is 500 cm³/mol. The highest BCUT2D eigenvalue weighted by atomic mass is 79.9. The number of alkyl halides is 3. The number of thiazole rings is 7. The minimum atomic E-state index is -5.81. The van der Waals surface area contributed by atoms with Crippen molar-refractivity contribution in [3.8, 4) is 73.6 Å². The Kier molecular flexibility index (Phi) is 30.1. The number of phenolic OH excluding ortho intramolecular Hbond substituents is 3. The molecule has 0 amide bonds. The van der Waals surface area contributed by atoms with Gasteiger partial charge in [-0.05, 0) is 253 Å². The fraction of sp³-hybridized carbons (Fsp3) is 0.138. The molecule has 0 aliphatic heterocycles. The summed E-state index contributed by atoms with van der Waals surface area (Å²) in [6, 6.07) is 46.3. The predicted octanol–water partition coefficient (Wildman–Crippen LogP) is 27.1. The van der Waals surface area contributed by atoms with E-state index >= 15 is 0 Å². The Labute approximate surface area is 740 Å². The number of aromatic hydroxyl groups is 3. The summed E-state index contributed by atoms with van der Waals surface area (Å²) in [6.45, 7) is 19.1. The smallest absolute Gasteiger partial charge is 0.508 e. The zero-order valence-electron chi connectivity index (χ0n) is 65.7. The van der Waals surface area contributed by atoms with Crippen LogP contribution in [0, 0.1) is 55.4 Å². The number of nitrogens with zero attached hydrogens (tertiary/aromatic N) is 7. The summed E-state index contributed by atoms with van der Waals surface area (Å²) < 4.78 is 88.9. The van der Waals surface area contributed by atoms with Crippen LogP contribution < -0.4 is 29.9 Å². The van der Waals surface area contributed by atoms with E-state index in [0.29, 0.717) is 48.2 Å². The SMILES string of the molecule is C=Cc1c(C)cc2ncsc2c1-c1ccc(Cl)cc1.COc1cc2sc(N)nc2cc1C.COc1cc2scnc2cc1C.COc1ccc(N)cc1C.Cc1cc2ncsc2c(-c2ccc(Cl)cc2)c1O.Cc1cc2ncsc2c(-c2ccc(Cl)cc2)c1OS(=O)(=O)C(F)(F)F.Cc1cc2ncsc2c(Br)c1O.Cc1cc2ncsc2cc1O. The van der Waals surface area contributed by atoms with Crippen LogP contribution in [0.25, 0.3) is 111 Å². The number of benzene rings is 11. The van der Waals surface area contributed by atoms with Crippen molar-refractivity contribution < 1.29 is 55.3 Å². The third-order valence-electron chi connectivity index (χ3n) is 18.1. The van der Waals surface area contributed by atoms with E-state index in [4.69, 9.17) is 60.5 Å². The molecule has 0 aliphatic rings. The molecule has 33 heteroatoms. The Morgan fingerprint density at radius 3 is 1.31 bits per heavy atom. The van der Waals surface area contributed by atoms with Crippen LogP contribution in [0.3, 0.4) is 0 Å². The molecule has 0 aliphatic carbocycles. The van der Waals surface area contributed by atoms with Gasteiger partial charge >= 0.3 is 15.6 Å². The summed E-state index contributed by atoms with van der Waals surface area (Å²) in [5.74, 6) is 3.30. The highest BCUT2D eigenvalue weighted by Crippen LogP contribution is 2.46. The van der Waals surface area contributed by atoms with Crippen LogP contribution in [0.15, 0.2) is 196 Å². The number of phenols is 3. The average molecular weight is 1890 g/mol. The standard InChI is InChI=1S/C16H12ClNS.C15H9ClF3NO3S2.C14H10ClNOS.C9H10N2OS.C9H9NOS.C8H6BrNOS.C8H7NOS.C8H11NO/c1-3-13-10(2)8-14-16(19-9-18-14)15(13)11-4-6-12(17)7-5-11;1-8-6-11-14(24-7-20-11)12(9-2-4-10(16)5-3-9)13(8)23-25(21,22)15(17,18)19;1-8-6-11-14(18-7-16-11)12(13(8)17)9-2-4-10(15)5-3-9;1-5-3-6-8(4-7(5)12-2)13-9(10)11-6;1-6-3-7-9(12-5-10-7)4-8(6)11-2;1-4-2-5-8(12-3-10-5)6(9)7(4)11;1-5-2-6-8(3-7(5)10)11-4-9-6;1-6-5-7(9)3-4-8(6)10-2/h3-9H,1H2,2H3;2-7H,1H3;2-7,17H,1H3;3-4H,1-2H3,(H2,10,11);3-5H,1-2H3;2-3,11H,1H3;2-4,10H,1H3;3-5H,9H2,1-2H3. The maximum atomic E-state index is 12.8. The van der Waals surface area contributed by atoms with Crippen LogP contribution >= 0.6 is 130 Å². The summed E-state index contributed by atoms with van der Waals surface area (Å²) in [5.41, 5.74) is 36.6. The fourth-order valence-electron chi connectivity index (χ4n) is 12.1. The van der Waals surface area contributed by atoms with Gasteiger partial charge < -0.3 is 45.2 Å². The number of aryl methyl sites for hydroxylation is 8. The van der Waals surface area contributed by atoms with Gasteiger partial charge in [0.05, 0.1) is 130 Å². The number of hydrogen-bond donors (Lipinski definition) is 5. The summed E-state index contributed by atoms with van der Waals surface area (Å²) in [6.07, 6.45) is 1.92. The monoisotopic (exact) mass is 1890 g/mol. The van der Waals surface area contributed by atoms with Crippen LogP contribution in [0.1, 0.15) is 50.1 Å². The Morgan fingerprint density at radius 2 is 0.817 bits per heavy atom. The molecule has 7 aromatic heterocycles. The first-order valence-electron chi connectivity index (χ1n) is 35.6. The van der Waals surface area contributed by atoms with Crippen molar-refractivity contribution in [2.24, 2.45) is 0 Å². The van der Waals surface area contributed by atoms with E-state index in [1.807, 2.05) is 168 Å². The van der Waals surface area contributed by atoms with Crippen molar-refractivity contribution in [1.82, 2.24) is 34.9 Å². The van der Waals surface area contributed by atoms with E-state index in [9.17, 15) is 36.9 Å². The quantitative estimate of drug-likeness (QED) is 0.0510. The molecule has 0 spiro atoms. The molecule has 18 nitrogen and oxygen atoms in total. The van der Waals surface area contributed by atoms with Crippen molar-refractivity contribution in [1.29, 1.82) is 0 Å². The highest BCUT2D eigenvalue weighted by Gasteiger charge is 2.49. The number of ether oxygens (including phenoxy) is 3. The molecule has 18 aromatic rings. The third kappa shape index (κ3) is 21.5. The summed E-state index contributed by atoms with van der Waals surface area (Å²) in [5, 5.41) is 31.6. The molecule has 618 valence electrons. The molecule has 0 fully saturated rings. The zero-order chi connectivity index (χ0) is 86.6. The second-order valence-electron chi connectivity index (χ2n) is 26.3. The first kappa shape index (κ1) is 90.4. The number of nitrogen functional groups attached to an aromatic ring is 2. The molecule has 0 unspecified atom stereocenters. The van der Waals surface area contributed by atoms with Gasteiger partial charge in [0.15, 0.2) is 10.9 Å². The van der Waals surface area contributed by atoms with E-state index < -0.39 is 15.6 Å². The maximum absolute atomic E-state index is 12.8. The summed E-state index contributed by atoms with van der Waals surface area (Å²) >= 11 is 31.6. The van der Waals surface area contributed by atoms with Crippen LogP contribution in [-0.2, 0) is 10.1 Å². The lowest BCUT2D eigenvalue weighted by Gasteiger charge is -2.16. The lowest BCUT2D eigenvalue weighted by molar-refractivity contribution is -0.0500. The van der Waals surface area contributed by atoms with Crippen LogP contribution in [0.5, 0.6) is 40.2 Å². The largest absolute Gasteiger partial charge is 0.534 e. The van der Waals surface area contributed by atoms with Crippen LogP contribution in [0.4, 0.5) is 24.0 Å². The van der Waals surface area contributed by atoms with Crippen molar-refractivity contribution in [2.45, 2.75) is 60.9 Å². The van der Waals surface area contributed by atoms with Crippen molar-refractivity contribution in [3.63, 3.8) is 0 Å². The van der Waals surface area contributed by atoms with Crippen molar-refractivity contribution in [3.05, 3.63) is 261 Å². The van der Waals surface area contributed by atoms with Gasteiger partial charge in [0.2, 0.25) is 0 Å². The number of fused-ring (bicyclic) bond motifs is 7. The lowest BCUT2D eigenvalue weighted by atomic mass is 9.95. The molecule has 18 rings (SSSR count). The molecular formula is C87H74BrCl3F3N9O9S8. The third-order valence-corrected chi connectivity index (χ3v) is 26.7. The van der Waals surface area contributed by atoms with Gasteiger partial charge in [-0.15, -0.1) is 68.0 Å². The van der Waals surface area contributed by atoms with Crippen LogP contribution in [0.2, 0.25) is 15.1 Å².